The lowest BCUT2D eigenvalue weighted by molar-refractivity contribution is -0.128. The number of nitrogens with zero attached hydrogens (tertiary/aromatic N) is 2. The number of anilines is 1. The van der Waals surface area contributed by atoms with E-state index in [0.29, 0.717) is 5.92 Å². The predicted octanol–water partition coefficient (Wildman–Crippen LogP) is 5.98. The molecule has 1 aromatic carbocycles. The van der Waals surface area contributed by atoms with E-state index in [4.69, 9.17) is 0 Å². The number of nitrogens with one attached hydrogen (secondary N) is 1. The lowest BCUT2D eigenvalue weighted by Crippen LogP contribution is -2.57. The molecule has 0 aromatic heterocycles. The second-order valence-corrected chi connectivity index (χ2v) is 10.7. The van der Waals surface area contributed by atoms with Crippen molar-refractivity contribution in [1.29, 1.82) is 0 Å². The molecule has 1 N–H and O–H groups in total. The maximum atomic E-state index is 13.4. The Morgan fingerprint density at radius 3 is 2.03 bits per heavy atom. The lowest BCUT2D eigenvalue weighted by Gasteiger charge is -2.37. The van der Waals surface area contributed by atoms with E-state index in [1.165, 1.54) is 22.4 Å². The van der Waals surface area contributed by atoms with Crippen molar-refractivity contribution in [2.45, 2.75) is 80.3 Å². The van der Waals surface area contributed by atoms with Crippen LogP contribution in [-0.2, 0) is 4.79 Å². The standard InChI is InChI=1S/C28H47N3O/c1-21(2)15-17-30(10)26(19-23(5)6)27(32)29-28(8,9)20-31(18-16-22(3)4)25-13-11-24(7)12-14-25/h11-16,23,26H,17-20H2,1-10H3,(H,29,32)/t26-/m0/s1. The third-order valence-electron chi connectivity index (χ3n) is 5.48. The third kappa shape index (κ3) is 10.5. The largest absolute Gasteiger partial charge is 0.365 e. The highest BCUT2D eigenvalue weighted by atomic mass is 16.2. The molecule has 0 spiro atoms. The molecule has 1 amide bonds. The van der Waals surface area contributed by atoms with Gasteiger partial charge in [0.1, 0.15) is 0 Å². The molecule has 0 aliphatic heterocycles. The Hall–Kier alpha value is -2.07. The summed E-state index contributed by atoms with van der Waals surface area (Å²) < 4.78 is 0. The normalized spacial score (nSPS) is 12.5. The van der Waals surface area contributed by atoms with E-state index in [1.807, 2.05) is 7.05 Å². The molecule has 0 aliphatic carbocycles. The number of aryl methyl sites for hydroxylation is 1. The summed E-state index contributed by atoms with van der Waals surface area (Å²) in [5.41, 5.74) is 4.62. The SMILES string of the molecule is CC(C)=CCN(CC(C)(C)NC(=O)[C@H](CC(C)C)N(C)CC=C(C)C)c1ccc(C)cc1. The van der Waals surface area contributed by atoms with Crippen LogP contribution >= 0.6 is 0 Å². The van der Waals surface area contributed by atoms with E-state index in [0.717, 1.165) is 26.1 Å². The van der Waals surface area contributed by atoms with E-state index in [9.17, 15) is 4.79 Å². The Kier molecular flexibility index (Phi) is 11.2. The fourth-order valence-corrected chi connectivity index (χ4v) is 3.63. The van der Waals surface area contributed by atoms with Crippen molar-refractivity contribution in [3.05, 3.63) is 53.1 Å². The highest BCUT2D eigenvalue weighted by Crippen LogP contribution is 2.20. The first kappa shape index (κ1) is 28.0. The van der Waals surface area contributed by atoms with Crippen molar-refractivity contribution in [2.75, 3.05) is 31.6 Å². The monoisotopic (exact) mass is 441 g/mol. The number of likely N-dealkylation sites (N-methyl/N-ethyl adjacent to an activating group) is 1. The second-order valence-electron chi connectivity index (χ2n) is 10.7. The molecule has 0 saturated carbocycles. The van der Waals surface area contributed by atoms with Gasteiger partial charge >= 0.3 is 0 Å². The summed E-state index contributed by atoms with van der Waals surface area (Å²) in [5.74, 6) is 0.559. The molecule has 0 bridgehead atoms. The number of allylic oxidation sites excluding steroid dienone is 2. The van der Waals surface area contributed by atoms with Crippen LogP contribution in [0.1, 0.15) is 67.4 Å². The molecule has 0 fully saturated rings. The topological polar surface area (TPSA) is 35.6 Å². The zero-order chi connectivity index (χ0) is 24.5. The molecule has 1 rings (SSSR count). The highest BCUT2D eigenvalue weighted by Gasteiger charge is 2.30. The molecule has 0 radical (unpaired) electrons. The number of hydrogen-bond acceptors (Lipinski definition) is 3. The summed E-state index contributed by atoms with van der Waals surface area (Å²) in [6, 6.07) is 8.48. The van der Waals surface area contributed by atoms with Gasteiger partial charge in [-0.1, -0.05) is 54.8 Å². The summed E-state index contributed by atoms with van der Waals surface area (Å²) in [4.78, 5) is 17.9. The minimum absolute atomic E-state index is 0.111. The zero-order valence-electron chi connectivity index (χ0n) is 22.2. The van der Waals surface area contributed by atoms with Gasteiger partial charge in [-0.15, -0.1) is 0 Å². The van der Waals surface area contributed by atoms with Crippen LogP contribution in [0, 0.1) is 12.8 Å². The van der Waals surface area contributed by atoms with E-state index >= 15 is 0 Å². The van der Waals surface area contributed by atoms with Crippen LogP contribution in [-0.4, -0.2) is 49.1 Å². The molecule has 1 atom stereocenters. The predicted molar refractivity (Wildman–Crippen MR) is 140 cm³/mol. The summed E-state index contributed by atoms with van der Waals surface area (Å²) in [5, 5.41) is 3.37. The van der Waals surface area contributed by atoms with Crippen molar-refractivity contribution >= 4 is 11.6 Å². The van der Waals surface area contributed by atoms with Gasteiger partial charge in [0.2, 0.25) is 5.91 Å². The lowest BCUT2D eigenvalue weighted by atomic mass is 9.98. The van der Waals surface area contributed by atoms with Crippen molar-refractivity contribution in [1.82, 2.24) is 10.2 Å². The Balaban J connectivity index is 3.02. The second kappa shape index (κ2) is 12.8. The van der Waals surface area contributed by atoms with Crippen molar-refractivity contribution in [3.63, 3.8) is 0 Å². The smallest absolute Gasteiger partial charge is 0.237 e. The summed E-state index contributed by atoms with van der Waals surface area (Å²) >= 11 is 0. The molecule has 4 nitrogen and oxygen atoms in total. The average molecular weight is 442 g/mol. The minimum atomic E-state index is -0.371. The number of benzene rings is 1. The molecule has 1 aromatic rings. The number of amides is 1. The van der Waals surface area contributed by atoms with E-state index in [1.54, 1.807) is 0 Å². The first-order chi connectivity index (χ1) is 14.8. The van der Waals surface area contributed by atoms with Crippen LogP contribution in [0.2, 0.25) is 0 Å². The van der Waals surface area contributed by atoms with E-state index < -0.39 is 0 Å². The first-order valence-electron chi connectivity index (χ1n) is 11.9. The van der Waals surface area contributed by atoms with Crippen LogP contribution in [0.4, 0.5) is 5.69 Å². The molecule has 4 heteroatoms. The minimum Gasteiger partial charge on any atom is -0.365 e. The molecule has 32 heavy (non-hydrogen) atoms. The maximum Gasteiger partial charge on any atom is 0.237 e. The van der Waals surface area contributed by atoms with Crippen LogP contribution in [0.15, 0.2) is 47.6 Å². The Labute approximate surface area is 197 Å². The molecule has 0 saturated heterocycles. The molecule has 180 valence electrons. The summed E-state index contributed by atoms with van der Waals surface area (Å²) in [6.07, 6.45) is 5.27. The number of carbonyl (C=O) groups is 1. The average Bonchev–Trinajstić information content (AvgIpc) is 2.67. The van der Waals surface area contributed by atoms with Crippen LogP contribution < -0.4 is 10.2 Å². The van der Waals surface area contributed by atoms with Gasteiger partial charge in [0, 0.05) is 25.3 Å². The summed E-state index contributed by atoms with van der Waals surface area (Å²) in [7, 11) is 2.05. The maximum absolute atomic E-state index is 13.4. The number of rotatable bonds is 12. The van der Waals surface area contributed by atoms with Crippen molar-refractivity contribution in [3.8, 4) is 0 Å². The first-order valence-corrected chi connectivity index (χ1v) is 11.9. The van der Waals surface area contributed by atoms with E-state index in [-0.39, 0.29) is 17.5 Å². The van der Waals surface area contributed by atoms with Gasteiger partial charge in [-0.3, -0.25) is 9.69 Å². The Morgan fingerprint density at radius 1 is 1.00 bits per heavy atom. The number of hydrogen-bond donors (Lipinski definition) is 1. The number of carbonyl (C=O) groups excluding carboxylic acids is 1. The van der Waals surface area contributed by atoms with Gasteiger partial charge in [-0.05, 0) is 80.0 Å². The molecule has 0 aliphatic rings. The Bertz CT molecular complexity index is 766. The molecule has 0 heterocycles. The van der Waals surface area contributed by atoms with Gasteiger partial charge in [0.15, 0.2) is 0 Å². The fraction of sp³-hybridized carbons (Fsp3) is 0.607. The van der Waals surface area contributed by atoms with Crippen molar-refractivity contribution in [2.24, 2.45) is 5.92 Å². The van der Waals surface area contributed by atoms with Gasteiger partial charge < -0.3 is 10.2 Å². The van der Waals surface area contributed by atoms with Crippen molar-refractivity contribution < 1.29 is 4.79 Å². The fourth-order valence-electron chi connectivity index (χ4n) is 3.63. The molecular formula is C28H47N3O. The Morgan fingerprint density at radius 2 is 1.53 bits per heavy atom. The van der Waals surface area contributed by atoms with E-state index in [2.05, 4.69) is 114 Å². The highest BCUT2D eigenvalue weighted by molar-refractivity contribution is 5.82. The zero-order valence-corrected chi connectivity index (χ0v) is 22.2. The summed E-state index contributed by atoms with van der Waals surface area (Å²) in [6.45, 7) is 21.5. The van der Waals surface area contributed by atoms with Gasteiger partial charge in [0.25, 0.3) is 0 Å². The van der Waals surface area contributed by atoms with Gasteiger partial charge in [-0.25, -0.2) is 0 Å². The third-order valence-corrected chi connectivity index (χ3v) is 5.48. The van der Waals surface area contributed by atoms with Gasteiger partial charge in [-0.2, -0.15) is 0 Å². The van der Waals surface area contributed by atoms with Crippen LogP contribution in [0.3, 0.4) is 0 Å². The molecular weight excluding hydrogens is 394 g/mol. The molecule has 0 unspecified atom stereocenters. The van der Waals surface area contributed by atoms with Crippen LogP contribution in [0.25, 0.3) is 0 Å². The van der Waals surface area contributed by atoms with Gasteiger partial charge in [0.05, 0.1) is 11.6 Å². The quantitative estimate of drug-likeness (QED) is 0.406. The van der Waals surface area contributed by atoms with Crippen LogP contribution in [0.5, 0.6) is 0 Å².